The summed E-state index contributed by atoms with van der Waals surface area (Å²) in [5.41, 5.74) is 1.82. The number of aromatic nitrogens is 1. The second-order valence-electron chi connectivity index (χ2n) is 6.35. The summed E-state index contributed by atoms with van der Waals surface area (Å²) in [7, 11) is 0. The first-order chi connectivity index (χ1) is 11.3. The van der Waals surface area contributed by atoms with Gasteiger partial charge in [0.1, 0.15) is 11.4 Å². The number of ether oxygens (including phenoxy) is 1. The minimum Gasteiger partial charge on any atom is -0.482 e. The quantitative estimate of drug-likeness (QED) is 0.880. The monoisotopic (exact) mass is 328 g/mol. The Labute approximate surface area is 140 Å². The molecule has 0 radical (unpaired) electrons. The van der Waals surface area contributed by atoms with Crippen molar-refractivity contribution >= 4 is 17.6 Å². The molecule has 0 fully saturated rings. The van der Waals surface area contributed by atoms with Crippen LogP contribution >= 0.6 is 0 Å². The summed E-state index contributed by atoms with van der Waals surface area (Å²) in [4.78, 5) is 27.0. The number of carboxylic acid groups (broad SMARTS) is 1. The fourth-order valence-electron chi connectivity index (χ4n) is 1.98. The van der Waals surface area contributed by atoms with Gasteiger partial charge in [0.25, 0.3) is 5.91 Å². The average Bonchev–Trinajstić information content (AvgIpc) is 2.52. The molecule has 1 aromatic heterocycles. The molecular weight excluding hydrogens is 308 g/mol. The van der Waals surface area contributed by atoms with Gasteiger partial charge in [0, 0.05) is 18.0 Å². The zero-order valence-electron chi connectivity index (χ0n) is 13.9. The van der Waals surface area contributed by atoms with Crippen LogP contribution in [0, 0.1) is 0 Å². The highest BCUT2D eigenvalue weighted by atomic mass is 16.5. The van der Waals surface area contributed by atoms with E-state index in [1.807, 2.05) is 6.07 Å². The lowest BCUT2D eigenvalue weighted by molar-refractivity contribution is -0.139. The van der Waals surface area contributed by atoms with Gasteiger partial charge in [-0.05, 0) is 29.2 Å². The third-order valence-corrected chi connectivity index (χ3v) is 3.32. The summed E-state index contributed by atoms with van der Waals surface area (Å²) < 4.78 is 5.08. The molecule has 0 aliphatic heterocycles. The number of hydrogen-bond acceptors (Lipinski definition) is 4. The van der Waals surface area contributed by atoms with Crippen molar-refractivity contribution in [1.82, 2.24) is 4.98 Å². The summed E-state index contributed by atoms with van der Waals surface area (Å²) in [6.45, 7) is 5.79. The topological polar surface area (TPSA) is 88.5 Å². The van der Waals surface area contributed by atoms with E-state index in [0.717, 1.165) is 5.56 Å². The molecule has 0 spiro atoms. The molecule has 1 amide bonds. The van der Waals surface area contributed by atoms with Crippen LogP contribution in [0.2, 0.25) is 0 Å². The highest BCUT2D eigenvalue weighted by Gasteiger charge is 2.15. The van der Waals surface area contributed by atoms with Gasteiger partial charge in [-0.2, -0.15) is 0 Å². The van der Waals surface area contributed by atoms with Gasteiger partial charge in [-0.1, -0.05) is 32.9 Å². The number of hydrogen-bond donors (Lipinski definition) is 2. The molecule has 2 aromatic rings. The number of rotatable bonds is 5. The van der Waals surface area contributed by atoms with Crippen LogP contribution in [-0.2, 0) is 10.2 Å². The summed E-state index contributed by atoms with van der Waals surface area (Å²) in [6, 6.07) is 10.1. The smallest absolute Gasteiger partial charge is 0.341 e. The first-order valence-corrected chi connectivity index (χ1v) is 7.48. The summed E-state index contributed by atoms with van der Waals surface area (Å²) in [6.07, 6.45) is 1.70. The maximum absolute atomic E-state index is 12.2. The Morgan fingerprint density at radius 1 is 1.21 bits per heavy atom. The normalized spacial score (nSPS) is 11.0. The Bertz CT molecular complexity index is 733. The maximum atomic E-state index is 12.2. The van der Waals surface area contributed by atoms with E-state index in [0.29, 0.717) is 17.1 Å². The van der Waals surface area contributed by atoms with Crippen LogP contribution in [-0.4, -0.2) is 28.6 Å². The van der Waals surface area contributed by atoms with Gasteiger partial charge in [-0.25, -0.2) is 4.79 Å². The number of amides is 1. The van der Waals surface area contributed by atoms with Crippen molar-refractivity contribution in [3.05, 3.63) is 53.9 Å². The molecule has 0 saturated carbocycles. The van der Waals surface area contributed by atoms with Crippen LogP contribution in [0.3, 0.4) is 0 Å². The fraction of sp³-hybridized carbons (Fsp3) is 0.278. The van der Waals surface area contributed by atoms with Crippen LogP contribution in [0.25, 0.3) is 0 Å². The van der Waals surface area contributed by atoms with Crippen molar-refractivity contribution < 1.29 is 19.4 Å². The summed E-state index contributed by atoms with van der Waals surface area (Å²) in [5.74, 6) is -1.04. The predicted molar refractivity (Wildman–Crippen MR) is 90.5 cm³/mol. The molecule has 0 aliphatic carbocycles. The van der Waals surface area contributed by atoms with Gasteiger partial charge in [-0.3, -0.25) is 9.78 Å². The van der Waals surface area contributed by atoms with Gasteiger partial charge < -0.3 is 15.2 Å². The number of pyridine rings is 1. The van der Waals surface area contributed by atoms with Crippen molar-refractivity contribution in [3.63, 3.8) is 0 Å². The third kappa shape index (κ3) is 4.81. The number of nitrogens with one attached hydrogen (secondary N) is 1. The molecule has 0 saturated heterocycles. The maximum Gasteiger partial charge on any atom is 0.341 e. The fourth-order valence-corrected chi connectivity index (χ4v) is 1.98. The molecule has 0 aliphatic rings. The Morgan fingerprint density at radius 3 is 2.54 bits per heavy atom. The van der Waals surface area contributed by atoms with Gasteiger partial charge >= 0.3 is 5.97 Å². The molecule has 2 N–H and O–H groups in total. The predicted octanol–water partition coefficient (Wildman–Crippen LogP) is 3.09. The van der Waals surface area contributed by atoms with E-state index in [4.69, 9.17) is 9.84 Å². The minimum atomic E-state index is -1.06. The van der Waals surface area contributed by atoms with Crippen LogP contribution in [0.15, 0.2) is 42.6 Å². The SMILES string of the molecule is CC(C)(C)c1ccc(C(=O)Nc2cccc(OCC(=O)O)c2)nc1. The van der Waals surface area contributed by atoms with Gasteiger partial charge in [0.05, 0.1) is 0 Å². The van der Waals surface area contributed by atoms with Crippen LogP contribution in [0.4, 0.5) is 5.69 Å². The van der Waals surface area contributed by atoms with E-state index in [9.17, 15) is 9.59 Å². The molecule has 2 rings (SSSR count). The number of aliphatic carboxylic acids is 1. The van der Waals surface area contributed by atoms with Crippen molar-refractivity contribution in [1.29, 1.82) is 0 Å². The second kappa shape index (κ2) is 7.12. The molecule has 0 bridgehead atoms. The van der Waals surface area contributed by atoms with Gasteiger partial charge in [0.2, 0.25) is 0 Å². The van der Waals surface area contributed by atoms with E-state index in [2.05, 4.69) is 31.1 Å². The Hall–Kier alpha value is -2.89. The van der Waals surface area contributed by atoms with Gasteiger partial charge in [-0.15, -0.1) is 0 Å². The lowest BCUT2D eigenvalue weighted by atomic mass is 9.88. The Balaban J connectivity index is 2.06. The molecular formula is C18H20N2O4. The van der Waals surface area contributed by atoms with E-state index < -0.39 is 12.6 Å². The van der Waals surface area contributed by atoms with E-state index >= 15 is 0 Å². The lowest BCUT2D eigenvalue weighted by Gasteiger charge is -2.18. The molecule has 1 heterocycles. The number of carbonyl (C=O) groups excluding carboxylic acids is 1. The highest BCUT2D eigenvalue weighted by Crippen LogP contribution is 2.22. The molecule has 6 nitrogen and oxygen atoms in total. The Kier molecular flexibility index (Phi) is 5.18. The van der Waals surface area contributed by atoms with E-state index in [-0.39, 0.29) is 11.3 Å². The molecule has 0 atom stereocenters. The highest BCUT2D eigenvalue weighted by molar-refractivity contribution is 6.02. The zero-order chi connectivity index (χ0) is 17.7. The standard InChI is InChI=1S/C18H20N2O4/c1-18(2,3)12-7-8-15(19-10-12)17(23)20-13-5-4-6-14(9-13)24-11-16(21)22/h4-10H,11H2,1-3H3,(H,20,23)(H,21,22). The molecule has 6 heteroatoms. The summed E-state index contributed by atoms with van der Waals surface area (Å²) in [5, 5.41) is 11.3. The van der Waals surface area contributed by atoms with Crippen LogP contribution in [0.1, 0.15) is 36.8 Å². The first kappa shape index (κ1) is 17.5. The van der Waals surface area contributed by atoms with Crippen molar-refractivity contribution in [2.45, 2.75) is 26.2 Å². The molecule has 126 valence electrons. The number of carbonyl (C=O) groups is 2. The van der Waals surface area contributed by atoms with Crippen molar-refractivity contribution in [2.24, 2.45) is 0 Å². The largest absolute Gasteiger partial charge is 0.482 e. The number of benzene rings is 1. The third-order valence-electron chi connectivity index (χ3n) is 3.32. The minimum absolute atomic E-state index is 0.0299. The summed E-state index contributed by atoms with van der Waals surface area (Å²) >= 11 is 0. The first-order valence-electron chi connectivity index (χ1n) is 7.48. The molecule has 0 unspecified atom stereocenters. The van der Waals surface area contributed by atoms with E-state index in [1.54, 1.807) is 36.5 Å². The number of nitrogens with zero attached hydrogens (tertiary/aromatic N) is 1. The van der Waals surface area contributed by atoms with Gasteiger partial charge in [0.15, 0.2) is 6.61 Å². The zero-order valence-corrected chi connectivity index (χ0v) is 13.9. The van der Waals surface area contributed by atoms with E-state index in [1.165, 1.54) is 0 Å². The second-order valence-corrected chi connectivity index (χ2v) is 6.35. The number of anilines is 1. The molecule has 1 aromatic carbocycles. The van der Waals surface area contributed by atoms with Crippen LogP contribution < -0.4 is 10.1 Å². The number of carboxylic acids is 1. The van der Waals surface area contributed by atoms with Crippen LogP contribution in [0.5, 0.6) is 5.75 Å². The van der Waals surface area contributed by atoms with Crippen molar-refractivity contribution in [2.75, 3.05) is 11.9 Å². The van der Waals surface area contributed by atoms with Crippen molar-refractivity contribution in [3.8, 4) is 5.75 Å². The molecule has 24 heavy (non-hydrogen) atoms. The average molecular weight is 328 g/mol. The Morgan fingerprint density at radius 2 is 1.96 bits per heavy atom. The lowest BCUT2D eigenvalue weighted by Crippen LogP contribution is -2.16.